The highest BCUT2D eigenvalue weighted by Gasteiger charge is 2.18. The average molecular weight is 370 g/mol. The number of furan rings is 1. The number of benzene rings is 1. The second-order valence-electron chi connectivity index (χ2n) is 5.71. The number of nitrogens with one attached hydrogen (secondary N) is 2. The van der Waals surface area contributed by atoms with Crippen molar-refractivity contribution >= 4 is 24.0 Å². The van der Waals surface area contributed by atoms with E-state index in [-0.39, 0.29) is 6.61 Å². The maximum atomic E-state index is 12.2. The van der Waals surface area contributed by atoms with E-state index in [0.717, 1.165) is 5.56 Å². The predicted molar refractivity (Wildman–Crippen MR) is 101 cm³/mol. The molecule has 2 rings (SSSR count). The van der Waals surface area contributed by atoms with E-state index in [0.29, 0.717) is 23.5 Å². The van der Waals surface area contributed by atoms with Crippen molar-refractivity contribution in [2.24, 2.45) is 0 Å². The lowest BCUT2D eigenvalue weighted by molar-refractivity contribution is -0.131. The van der Waals surface area contributed by atoms with Crippen LogP contribution in [0.15, 0.2) is 53.0 Å². The first kappa shape index (κ1) is 20.2. The van der Waals surface area contributed by atoms with Crippen LogP contribution in [0.2, 0.25) is 0 Å². The number of hydrogen-bond donors (Lipinski definition) is 4. The SMILES string of the molecule is CCC(NC(=O)c1ccc(/C=C/C=C/c2ccc(CO)o2)cc1)C(=O)NO. The molecular formula is C20H22N2O5. The molecule has 0 saturated heterocycles. The molecule has 0 saturated carbocycles. The fourth-order valence-electron chi connectivity index (χ4n) is 2.30. The zero-order valence-electron chi connectivity index (χ0n) is 14.9. The quantitative estimate of drug-likeness (QED) is 0.324. The first-order valence-corrected chi connectivity index (χ1v) is 8.46. The van der Waals surface area contributed by atoms with Crippen LogP contribution < -0.4 is 10.8 Å². The van der Waals surface area contributed by atoms with Gasteiger partial charge in [-0.15, -0.1) is 0 Å². The van der Waals surface area contributed by atoms with Gasteiger partial charge in [0.2, 0.25) is 0 Å². The first-order chi connectivity index (χ1) is 13.1. The number of rotatable bonds is 8. The molecule has 1 aromatic carbocycles. The monoisotopic (exact) mass is 370 g/mol. The molecule has 0 bridgehead atoms. The van der Waals surface area contributed by atoms with Crippen LogP contribution in [0.3, 0.4) is 0 Å². The van der Waals surface area contributed by atoms with E-state index < -0.39 is 17.9 Å². The summed E-state index contributed by atoms with van der Waals surface area (Å²) in [6.07, 6.45) is 7.63. The fraction of sp³-hybridized carbons (Fsp3) is 0.200. The summed E-state index contributed by atoms with van der Waals surface area (Å²) >= 11 is 0. The molecule has 0 fully saturated rings. The van der Waals surface area contributed by atoms with Gasteiger partial charge in [-0.05, 0) is 42.3 Å². The van der Waals surface area contributed by atoms with Crippen molar-refractivity contribution in [3.63, 3.8) is 0 Å². The number of hydrogen-bond acceptors (Lipinski definition) is 5. The van der Waals surface area contributed by atoms with Crippen LogP contribution in [0, 0.1) is 0 Å². The molecule has 0 aliphatic carbocycles. The van der Waals surface area contributed by atoms with Crippen molar-refractivity contribution in [2.45, 2.75) is 26.0 Å². The minimum Gasteiger partial charge on any atom is -0.459 e. The smallest absolute Gasteiger partial charge is 0.265 e. The van der Waals surface area contributed by atoms with Crippen LogP contribution in [0.1, 0.15) is 40.8 Å². The number of aliphatic hydroxyl groups excluding tert-OH is 1. The zero-order chi connectivity index (χ0) is 19.6. The van der Waals surface area contributed by atoms with Gasteiger partial charge in [-0.3, -0.25) is 14.8 Å². The third-order valence-electron chi connectivity index (χ3n) is 3.81. The molecule has 4 N–H and O–H groups in total. The zero-order valence-corrected chi connectivity index (χ0v) is 14.9. The van der Waals surface area contributed by atoms with Gasteiger partial charge in [-0.2, -0.15) is 0 Å². The molecule has 0 radical (unpaired) electrons. The molecule has 7 nitrogen and oxygen atoms in total. The van der Waals surface area contributed by atoms with Gasteiger partial charge in [0.1, 0.15) is 24.2 Å². The van der Waals surface area contributed by atoms with E-state index in [1.807, 2.05) is 12.2 Å². The fourth-order valence-corrected chi connectivity index (χ4v) is 2.30. The third-order valence-corrected chi connectivity index (χ3v) is 3.81. The lowest BCUT2D eigenvalue weighted by Gasteiger charge is -2.14. The molecular weight excluding hydrogens is 348 g/mol. The van der Waals surface area contributed by atoms with Crippen LogP contribution in [0.25, 0.3) is 12.2 Å². The first-order valence-electron chi connectivity index (χ1n) is 8.46. The molecule has 142 valence electrons. The highest BCUT2D eigenvalue weighted by atomic mass is 16.5. The molecule has 2 aromatic rings. The van der Waals surface area contributed by atoms with Gasteiger partial charge in [0.25, 0.3) is 11.8 Å². The maximum Gasteiger partial charge on any atom is 0.265 e. The molecule has 1 atom stereocenters. The normalized spacial score (nSPS) is 12.4. The Morgan fingerprint density at radius 3 is 2.41 bits per heavy atom. The Labute approximate surface area is 157 Å². The number of aliphatic hydroxyl groups is 1. The standard InChI is InChI=1S/C20H22N2O5/c1-2-18(20(25)22-26)21-19(24)15-9-7-14(8-10-15)5-3-4-6-16-11-12-17(13-23)27-16/h3-12,18,23,26H,2,13H2,1H3,(H,21,24)(H,22,25)/b5-3+,6-4+. The van der Waals surface area contributed by atoms with Gasteiger partial charge in [-0.25, -0.2) is 5.48 Å². The average Bonchev–Trinajstić information content (AvgIpc) is 3.17. The summed E-state index contributed by atoms with van der Waals surface area (Å²) in [5.74, 6) is 0.112. The van der Waals surface area contributed by atoms with Crippen molar-refractivity contribution < 1.29 is 24.3 Å². The van der Waals surface area contributed by atoms with Gasteiger partial charge in [0, 0.05) is 5.56 Å². The summed E-state index contributed by atoms with van der Waals surface area (Å²) in [5, 5.41) is 20.2. The van der Waals surface area contributed by atoms with Gasteiger partial charge in [0.05, 0.1) is 0 Å². The minimum absolute atomic E-state index is 0.132. The van der Waals surface area contributed by atoms with Crippen LogP contribution in [-0.2, 0) is 11.4 Å². The van der Waals surface area contributed by atoms with E-state index >= 15 is 0 Å². The Morgan fingerprint density at radius 2 is 1.81 bits per heavy atom. The second kappa shape index (κ2) is 10.1. The summed E-state index contributed by atoms with van der Waals surface area (Å²) in [6.45, 7) is 1.60. The second-order valence-corrected chi connectivity index (χ2v) is 5.71. The number of amides is 2. The summed E-state index contributed by atoms with van der Waals surface area (Å²) in [5.41, 5.74) is 2.85. The molecule has 1 aromatic heterocycles. The molecule has 2 amide bonds. The maximum absolute atomic E-state index is 12.2. The molecule has 0 spiro atoms. The van der Waals surface area contributed by atoms with Crippen LogP contribution in [0.4, 0.5) is 0 Å². The van der Waals surface area contributed by atoms with E-state index in [9.17, 15) is 9.59 Å². The molecule has 0 aliphatic rings. The summed E-state index contributed by atoms with van der Waals surface area (Å²) in [7, 11) is 0. The topological polar surface area (TPSA) is 112 Å². The summed E-state index contributed by atoms with van der Waals surface area (Å²) in [4.78, 5) is 23.6. The van der Waals surface area contributed by atoms with Crippen LogP contribution >= 0.6 is 0 Å². The molecule has 7 heteroatoms. The van der Waals surface area contributed by atoms with Crippen LogP contribution in [-0.4, -0.2) is 28.2 Å². The molecule has 27 heavy (non-hydrogen) atoms. The summed E-state index contributed by atoms with van der Waals surface area (Å²) < 4.78 is 5.33. The van der Waals surface area contributed by atoms with Crippen molar-refractivity contribution in [1.29, 1.82) is 0 Å². The molecule has 1 heterocycles. The van der Waals surface area contributed by atoms with Gasteiger partial charge < -0.3 is 14.8 Å². The number of carbonyl (C=O) groups is 2. The number of carbonyl (C=O) groups excluding carboxylic acids is 2. The predicted octanol–water partition coefficient (Wildman–Crippen LogP) is 2.51. The Morgan fingerprint density at radius 1 is 1.11 bits per heavy atom. The largest absolute Gasteiger partial charge is 0.459 e. The van der Waals surface area contributed by atoms with Crippen molar-refractivity contribution in [2.75, 3.05) is 0 Å². The Balaban J connectivity index is 1.93. The minimum atomic E-state index is -0.792. The number of hydroxylamine groups is 1. The summed E-state index contributed by atoms with van der Waals surface area (Å²) in [6, 6.07) is 9.56. The lowest BCUT2D eigenvalue weighted by Crippen LogP contribution is -2.45. The Bertz CT molecular complexity index is 821. The van der Waals surface area contributed by atoms with E-state index in [1.165, 1.54) is 5.48 Å². The lowest BCUT2D eigenvalue weighted by atomic mass is 10.1. The highest BCUT2D eigenvalue weighted by Crippen LogP contribution is 2.10. The third kappa shape index (κ3) is 5.95. The van der Waals surface area contributed by atoms with Gasteiger partial charge in [0.15, 0.2) is 0 Å². The highest BCUT2D eigenvalue weighted by molar-refractivity contribution is 5.97. The molecule has 1 unspecified atom stereocenters. The van der Waals surface area contributed by atoms with E-state index in [2.05, 4.69) is 5.32 Å². The Hall–Kier alpha value is -3.16. The van der Waals surface area contributed by atoms with Crippen molar-refractivity contribution in [3.05, 3.63) is 71.2 Å². The van der Waals surface area contributed by atoms with Crippen molar-refractivity contribution in [3.8, 4) is 0 Å². The van der Waals surface area contributed by atoms with Gasteiger partial charge in [-0.1, -0.05) is 37.3 Å². The Kier molecular flexibility index (Phi) is 7.54. The molecule has 0 aliphatic heterocycles. The van der Waals surface area contributed by atoms with Crippen LogP contribution in [0.5, 0.6) is 0 Å². The van der Waals surface area contributed by atoms with Gasteiger partial charge >= 0.3 is 0 Å². The van der Waals surface area contributed by atoms with E-state index in [1.54, 1.807) is 55.5 Å². The number of allylic oxidation sites excluding steroid dienone is 2. The van der Waals surface area contributed by atoms with Crippen molar-refractivity contribution in [1.82, 2.24) is 10.8 Å². The van der Waals surface area contributed by atoms with E-state index in [4.69, 9.17) is 14.7 Å².